The molecule has 0 atom stereocenters. The maximum atomic E-state index is 12.9. The van der Waals surface area contributed by atoms with Gasteiger partial charge >= 0.3 is 6.18 Å². The number of piperidine rings is 1. The molecule has 0 saturated carbocycles. The van der Waals surface area contributed by atoms with Crippen molar-refractivity contribution in [2.45, 2.75) is 25.4 Å². The number of carbonyl (C=O) groups is 1. The number of thiazole rings is 1. The minimum atomic E-state index is -4.49. The molecule has 0 spiro atoms. The Morgan fingerprint density at radius 1 is 1.03 bits per heavy atom. The molecule has 4 nitrogen and oxygen atoms in total. The number of nitrogens with zero attached hydrogens (tertiary/aromatic N) is 2. The van der Waals surface area contributed by atoms with Gasteiger partial charge in [-0.1, -0.05) is 18.2 Å². The lowest BCUT2D eigenvalue weighted by Gasteiger charge is -2.25. The van der Waals surface area contributed by atoms with Crippen LogP contribution in [0.4, 0.5) is 24.0 Å². The molecule has 156 valence electrons. The normalized spacial score (nSPS) is 14.6. The first-order valence-corrected chi connectivity index (χ1v) is 10.6. The van der Waals surface area contributed by atoms with Crippen LogP contribution in [0.15, 0.2) is 53.9 Å². The maximum absolute atomic E-state index is 12.9. The van der Waals surface area contributed by atoms with E-state index < -0.39 is 17.6 Å². The molecule has 3 aromatic rings. The lowest BCUT2D eigenvalue weighted by Crippen LogP contribution is -2.29. The van der Waals surface area contributed by atoms with E-state index in [1.807, 2.05) is 11.4 Å². The summed E-state index contributed by atoms with van der Waals surface area (Å²) in [6.07, 6.45) is -0.896. The van der Waals surface area contributed by atoms with Crippen LogP contribution in [0.1, 0.15) is 35.2 Å². The SMILES string of the molecule is O=C(Nc1cccc(-c2csc(N3CCCCC3)n2)c1)c1cccc(C(F)(F)F)c1. The minimum absolute atomic E-state index is 0.0451. The van der Waals surface area contributed by atoms with Gasteiger partial charge < -0.3 is 10.2 Å². The van der Waals surface area contributed by atoms with Crippen molar-refractivity contribution >= 4 is 28.1 Å². The molecule has 0 unspecified atom stereocenters. The number of carbonyl (C=O) groups excluding carboxylic acids is 1. The summed E-state index contributed by atoms with van der Waals surface area (Å²) < 4.78 is 38.7. The fourth-order valence-electron chi connectivity index (χ4n) is 3.42. The second kappa shape index (κ2) is 8.47. The Labute approximate surface area is 176 Å². The summed E-state index contributed by atoms with van der Waals surface area (Å²) in [5.74, 6) is -0.592. The van der Waals surface area contributed by atoms with Gasteiger partial charge in [0, 0.05) is 35.3 Å². The van der Waals surface area contributed by atoms with E-state index in [0.29, 0.717) is 5.69 Å². The Morgan fingerprint density at radius 3 is 2.57 bits per heavy atom. The van der Waals surface area contributed by atoms with Crippen LogP contribution >= 0.6 is 11.3 Å². The molecule has 8 heteroatoms. The molecule has 1 amide bonds. The first kappa shape index (κ1) is 20.4. The van der Waals surface area contributed by atoms with Crippen molar-refractivity contribution < 1.29 is 18.0 Å². The van der Waals surface area contributed by atoms with E-state index in [1.54, 1.807) is 29.5 Å². The lowest BCUT2D eigenvalue weighted by molar-refractivity contribution is -0.137. The Balaban J connectivity index is 1.50. The van der Waals surface area contributed by atoms with Crippen LogP contribution in [0, 0.1) is 0 Å². The second-order valence-electron chi connectivity index (χ2n) is 7.18. The summed E-state index contributed by atoms with van der Waals surface area (Å²) in [4.78, 5) is 19.5. The first-order chi connectivity index (χ1) is 14.4. The summed E-state index contributed by atoms with van der Waals surface area (Å²) in [5, 5.41) is 5.65. The van der Waals surface area contributed by atoms with E-state index in [4.69, 9.17) is 4.98 Å². The summed E-state index contributed by atoms with van der Waals surface area (Å²) >= 11 is 1.59. The molecule has 1 N–H and O–H groups in total. The number of amides is 1. The van der Waals surface area contributed by atoms with E-state index in [0.717, 1.165) is 41.6 Å². The number of halogens is 3. The standard InChI is InChI=1S/C22H20F3N3OS/c23-22(24,25)17-8-4-7-16(12-17)20(29)26-18-9-5-6-15(13-18)19-14-30-21(27-19)28-10-2-1-3-11-28/h4-9,12-14H,1-3,10-11H2,(H,26,29). The van der Waals surface area contributed by atoms with E-state index in [1.165, 1.54) is 31.4 Å². The van der Waals surface area contributed by atoms with Crippen molar-refractivity contribution in [2.75, 3.05) is 23.3 Å². The van der Waals surface area contributed by atoms with Gasteiger partial charge in [-0.3, -0.25) is 4.79 Å². The average molecular weight is 431 g/mol. The van der Waals surface area contributed by atoms with Crippen molar-refractivity contribution in [3.05, 3.63) is 65.0 Å². The van der Waals surface area contributed by atoms with Gasteiger partial charge in [0.05, 0.1) is 11.3 Å². The molecule has 1 aliphatic rings. The quantitative estimate of drug-likeness (QED) is 0.545. The van der Waals surface area contributed by atoms with Gasteiger partial charge in [0.1, 0.15) is 0 Å². The van der Waals surface area contributed by atoms with Gasteiger partial charge in [-0.15, -0.1) is 11.3 Å². The molecule has 30 heavy (non-hydrogen) atoms. The summed E-state index contributed by atoms with van der Waals surface area (Å²) in [5.41, 5.74) is 1.27. The largest absolute Gasteiger partial charge is 0.416 e. The third-order valence-corrected chi connectivity index (χ3v) is 5.89. The Hall–Kier alpha value is -2.87. The van der Waals surface area contributed by atoms with Crippen molar-refractivity contribution in [3.63, 3.8) is 0 Å². The minimum Gasteiger partial charge on any atom is -0.348 e. The predicted molar refractivity (Wildman–Crippen MR) is 113 cm³/mol. The Morgan fingerprint density at radius 2 is 1.80 bits per heavy atom. The van der Waals surface area contributed by atoms with Gasteiger partial charge in [0.25, 0.3) is 5.91 Å². The van der Waals surface area contributed by atoms with Crippen molar-refractivity contribution in [3.8, 4) is 11.3 Å². The number of rotatable bonds is 4. The number of aromatic nitrogens is 1. The van der Waals surface area contributed by atoms with Gasteiger partial charge in [-0.2, -0.15) is 13.2 Å². The fourth-order valence-corrected chi connectivity index (χ4v) is 4.31. The number of hydrogen-bond donors (Lipinski definition) is 1. The Bertz CT molecular complexity index is 1040. The van der Waals surface area contributed by atoms with E-state index in [2.05, 4.69) is 10.2 Å². The molecule has 1 saturated heterocycles. The van der Waals surface area contributed by atoms with Gasteiger partial charge in [0.15, 0.2) is 5.13 Å². The summed E-state index contributed by atoms with van der Waals surface area (Å²) in [7, 11) is 0. The van der Waals surface area contributed by atoms with Crippen molar-refractivity contribution in [2.24, 2.45) is 0 Å². The highest BCUT2D eigenvalue weighted by atomic mass is 32.1. The lowest BCUT2D eigenvalue weighted by atomic mass is 10.1. The highest BCUT2D eigenvalue weighted by Crippen LogP contribution is 2.31. The van der Waals surface area contributed by atoms with Gasteiger partial charge in [-0.25, -0.2) is 4.98 Å². The highest BCUT2D eigenvalue weighted by molar-refractivity contribution is 7.14. The van der Waals surface area contributed by atoms with E-state index in [9.17, 15) is 18.0 Å². The number of hydrogen-bond acceptors (Lipinski definition) is 4. The molecule has 0 aliphatic carbocycles. The summed E-state index contributed by atoms with van der Waals surface area (Å²) in [6.45, 7) is 2.03. The fraction of sp³-hybridized carbons (Fsp3) is 0.273. The van der Waals surface area contributed by atoms with Gasteiger partial charge in [-0.05, 0) is 49.6 Å². The third-order valence-electron chi connectivity index (χ3n) is 4.99. The predicted octanol–water partition coefficient (Wildman–Crippen LogP) is 6.07. The molecule has 1 aliphatic heterocycles. The monoisotopic (exact) mass is 431 g/mol. The van der Waals surface area contributed by atoms with Crippen LogP contribution in [0.2, 0.25) is 0 Å². The van der Waals surface area contributed by atoms with Crippen molar-refractivity contribution in [1.82, 2.24) is 4.98 Å². The van der Waals surface area contributed by atoms with Gasteiger partial charge in [0.2, 0.25) is 0 Å². The van der Waals surface area contributed by atoms with Crippen LogP contribution in [-0.2, 0) is 6.18 Å². The molecular weight excluding hydrogens is 411 g/mol. The van der Waals surface area contributed by atoms with Crippen LogP contribution < -0.4 is 10.2 Å². The first-order valence-electron chi connectivity index (χ1n) is 9.70. The molecular formula is C22H20F3N3OS. The molecule has 1 aromatic heterocycles. The molecule has 4 rings (SSSR count). The number of benzene rings is 2. The van der Waals surface area contributed by atoms with E-state index in [-0.39, 0.29) is 5.56 Å². The zero-order valence-electron chi connectivity index (χ0n) is 16.1. The van der Waals surface area contributed by atoms with Crippen LogP contribution in [0.3, 0.4) is 0 Å². The zero-order valence-corrected chi connectivity index (χ0v) is 16.9. The second-order valence-corrected chi connectivity index (χ2v) is 8.01. The molecule has 2 heterocycles. The van der Waals surface area contributed by atoms with E-state index >= 15 is 0 Å². The zero-order chi connectivity index (χ0) is 21.1. The highest BCUT2D eigenvalue weighted by Gasteiger charge is 2.30. The van der Waals surface area contributed by atoms with Crippen LogP contribution in [0.5, 0.6) is 0 Å². The number of nitrogens with one attached hydrogen (secondary N) is 1. The average Bonchev–Trinajstić information content (AvgIpc) is 3.24. The Kier molecular flexibility index (Phi) is 5.76. The molecule has 0 bridgehead atoms. The van der Waals surface area contributed by atoms with Crippen LogP contribution in [0.25, 0.3) is 11.3 Å². The maximum Gasteiger partial charge on any atom is 0.416 e. The molecule has 2 aromatic carbocycles. The molecule has 0 radical (unpaired) electrons. The topological polar surface area (TPSA) is 45.2 Å². The molecule has 1 fully saturated rings. The number of alkyl halides is 3. The van der Waals surface area contributed by atoms with Crippen LogP contribution in [-0.4, -0.2) is 24.0 Å². The number of anilines is 2. The summed E-state index contributed by atoms with van der Waals surface area (Å²) in [6, 6.07) is 11.6. The smallest absolute Gasteiger partial charge is 0.348 e. The van der Waals surface area contributed by atoms with Crippen molar-refractivity contribution in [1.29, 1.82) is 0 Å². The third kappa shape index (κ3) is 4.64.